The standard InChI is InChI=1S/C43H51N9O5/c1-5-36(56-4)38(57-43(44)55)42(54)52-22-8-11-35(52)40-47-25-33(50-40)30-18-14-28(15-19-30)27-12-16-29(17-13-27)32-24-46-39(49-32)34-10-7-21-51(34)41(53)37(26(2)3)48-31-9-6-20-45-23-31/h6,9,12-20,23-26,34-38,48H,5,7-8,10-11,21-22H2,1-4H3,(H2,44,55)(H,46,49)(H,47,50)/t34-,35-,36+,37-,38-/m0/s1. The van der Waals surface area contributed by atoms with Crippen LogP contribution in [0.4, 0.5) is 10.5 Å². The van der Waals surface area contributed by atoms with E-state index >= 15 is 0 Å². The number of H-pyrrole nitrogens is 2. The highest BCUT2D eigenvalue weighted by molar-refractivity contribution is 5.86. The zero-order valence-corrected chi connectivity index (χ0v) is 32.9. The van der Waals surface area contributed by atoms with Gasteiger partial charge in [-0.15, -0.1) is 0 Å². The Bertz CT molecular complexity index is 2130. The summed E-state index contributed by atoms with van der Waals surface area (Å²) in [7, 11) is 1.48. The van der Waals surface area contributed by atoms with Crippen molar-refractivity contribution in [2.24, 2.45) is 11.7 Å². The Balaban J connectivity index is 1.00. The average Bonchev–Trinajstić information content (AvgIpc) is 4.07. The number of primary amides is 1. The number of likely N-dealkylation sites (tertiary alicyclic amines) is 2. The summed E-state index contributed by atoms with van der Waals surface area (Å²) in [4.78, 5) is 63.3. The van der Waals surface area contributed by atoms with Gasteiger partial charge in [-0.1, -0.05) is 69.3 Å². The maximum atomic E-state index is 13.9. The van der Waals surface area contributed by atoms with E-state index in [9.17, 15) is 14.4 Å². The molecule has 2 aromatic carbocycles. The van der Waals surface area contributed by atoms with Crippen molar-refractivity contribution < 1.29 is 23.9 Å². The molecule has 3 aromatic heterocycles. The maximum absolute atomic E-state index is 13.9. The van der Waals surface area contributed by atoms with Crippen molar-refractivity contribution in [2.75, 3.05) is 25.5 Å². The van der Waals surface area contributed by atoms with Gasteiger partial charge in [-0.25, -0.2) is 14.8 Å². The molecule has 5 atom stereocenters. The number of benzene rings is 2. The lowest BCUT2D eigenvalue weighted by molar-refractivity contribution is -0.149. The van der Waals surface area contributed by atoms with Crippen LogP contribution < -0.4 is 11.1 Å². The Morgan fingerprint density at radius 2 is 1.33 bits per heavy atom. The largest absolute Gasteiger partial charge is 0.433 e. The van der Waals surface area contributed by atoms with Crippen LogP contribution in [0.2, 0.25) is 0 Å². The minimum absolute atomic E-state index is 0.0698. The highest BCUT2D eigenvalue weighted by atomic mass is 16.6. The van der Waals surface area contributed by atoms with E-state index in [0.717, 1.165) is 70.8 Å². The van der Waals surface area contributed by atoms with Crippen LogP contribution in [0.5, 0.6) is 0 Å². The molecule has 3 amide bonds. The number of anilines is 1. The Morgan fingerprint density at radius 1 is 0.807 bits per heavy atom. The van der Waals surface area contributed by atoms with Gasteiger partial charge in [-0.3, -0.25) is 14.6 Å². The van der Waals surface area contributed by atoms with E-state index in [1.165, 1.54) is 7.11 Å². The summed E-state index contributed by atoms with van der Waals surface area (Å²) < 4.78 is 10.7. The molecule has 0 spiro atoms. The summed E-state index contributed by atoms with van der Waals surface area (Å²) in [5.41, 5.74) is 12.0. The minimum atomic E-state index is -1.13. The number of aromatic nitrogens is 5. The third kappa shape index (κ3) is 8.55. The highest BCUT2D eigenvalue weighted by Crippen LogP contribution is 2.35. The molecule has 2 aliphatic heterocycles. The molecule has 5 N–H and O–H groups in total. The average molecular weight is 774 g/mol. The van der Waals surface area contributed by atoms with E-state index in [-0.39, 0.29) is 35.9 Å². The molecule has 298 valence electrons. The number of nitrogens with two attached hydrogens (primary N) is 1. The van der Waals surface area contributed by atoms with Crippen LogP contribution in [0.1, 0.15) is 76.6 Å². The van der Waals surface area contributed by atoms with Crippen LogP contribution in [0.15, 0.2) is 85.5 Å². The first-order valence-corrected chi connectivity index (χ1v) is 19.7. The van der Waals surface area contributed by atoms with Gasteiger partial charge >= 0.3 is 6.09 Å². The summed E-state index contributed by atoms with van der Waals surface area (Å²) in [5, 5.41) is 3.40. The number of amides is 3. The lowest BCUT2D eigenvalue weighted by Crippen LogP contribution is -2.48. The number of pyridine rings is 1. The monoisotopic (exact) mass is 773 g/mol. The molecule has 7 rings (SSSR count). The molecule has 14 heteroatoms. The Morgan fingerprint density at radius 3 is 1.79 bits per heavy atom. The van der Waals surface area contributed by atoms with E-state index in [4.69, 9.17) is 20.2 Å². The number of carbonyl (C=O) groups excluding carboxylic acids is 3. The summed E-state index contributed by atoms with van der Waals surface area (Å²) in [6.07, 6.45) is 8.11. The van der Waals surface area contributed by atoms with Crippen LogP contribution >= 0.6 is 0 Å². The highest BCUT2D eigenvalue weighted by Gasteiger charge is 2.41. The number of methoxy groups -OCH3 is 1. The second-order valence-electron chi connectivity index (χ2n) is 15.0. The summed E-state index contributed by atoms with van der Waals surface area (Å²) in [6.45, 7) is 7.17. The zero-order chi connectivity index (χ0) is 40.1. The van der Waals surface area contributed by atoms with Crippen molar-refractivity contribution in [3.05, 3.63) is 97.1 Å². The number of nitrogens with one attached hydrogen (secondary N) is 3. The van der Waals surface area contributed by atoms with Crippen LogP contribution in [-0.2, 0) is 19.1 Å². The first kappa shape index (κ1) is 39.2. The normalized spacial score (nSPS) is 18.4. The number of carbonyl (C=O) groups is 3. The molecule has 0 aliphatic carbocycles. The molecular weight excluding hydrogens is 723 g/mol. The third-order valence-electron chi connectivity index (χ3n) is 11.1. The fourth-order valence-electron chi connectivity index (χ4n) is 8.02. The van der Waals surface area contributed by atoms with Gasteiger partial charge in [0.25, 0.3) is 5.91 Å². The molecule has 2 saturated heterocycles. The van der Waals surface area contributed by atoms with Crippen molar-refractivity contribution in [1.29, 1.82) is 0 Å². The Hall–Kier alpha value is -6.02. The molecule has 14 nitrogen and oxygen atoms in total. The van der Waals surface area contributed by atoms with E-state index in [1.807, 2.05) is 42.3 Å². The fraction of sp³-hybridized carbons (Fsp3) is 0.395. The topological polar surface area (TPSA) is 184 Å². The van der Waals surface area contributed by atoms with Crippen LogP contribution in [0.3, 0.4) is 0 Å². The minimum Gasteiger partial charge on any atom is -0.433 e. The molecular formula is C43H51N9O5. The summed E-state index contributed by atoms with van der Waals surface area (Å²) in [6, 6.07) is 19.6. The second kappa shape index (κ2) is 17.4. The lowest BCUT2D eigenvalue weighted by atomic mass is 10.0. The summed E-state index contributed by atoms with van der Waals surface area (Å²) in [5.74, 6) is 1.29. The molecule has 0 saturated carbocycles. The van der Waals surface area contributed by atoms with Crippen molar-refractivity contribution in [3.63, 3.8) is 0 Å². The molecule has 2 aliphatic rings. The number of aromatic amines is 2. The SMILES string of the molecule is CC[C@@H](OC)[C@H](OC(N)=O)C(=O)N1CCC[C@H]1c1ncc(-c2ccc(-c3ccc(-c4cnc([C@@H]5CCCN5C(=O)[C@@H](Nc5cccnc5)C(C)C)[nH]4)cc3)cc2)[nH]1. The molecule has 0 radical (unpaired) electrons. The van der Waals surface area contributed by atoms with E-state index in [1.54, 1.807) is 23.5 Å². The van der Waals surface area contributed by atoms with Gasteiger partial charge in [-0.05, 0) is 72.4 Å². The molecule has 5 heterocycles. The smallest absolute Gasteiger partial charge is 0.405 e. The van der Waals surface area contributed by atoms with E-state index in [0.29, 0.717) is 25.3 Å². The first-order chi connectivity index (χ1) is 27.6. The van der Waals surface area contributed by atoms with E-state index in [2.05, 4.69) is 75.5 Å². The fourth-order valence-corrected chi connectivity index (χ4v) is 8.02. The molecule has 2 fully saturated rings. The van der Waals surface area contributed by atoms with Gasteiger partial charge in [0.1, 0.15) is 23.8 Å². The summed E-state index contributed by atoms with van der Waals surface area (Å²) >= 11 is 0. The Kier molecular flexibility index (Phi) is 12.0. The zero-order valence-electron chi connectivity index (χ0n) is 32.9. The van der Waals surface area contributed by atoms with Crippen molar-refractivity contribution >= 4 is 23.6 Å². The number of hydrogen-bond acceptors (Lipinski definition) is 9. The molecule has 0 bridgehead atoms. The van der Waals surface area contributed by atoms with Gasteiger partial charge in [0, 0.05) is 32.6 Å². The van der Waals surface area contributed by atoms with Crippen molar-refractivity contribution in [1.82, 2.24) is 34.7 Å². The first-order valence-electron chi connectivity index (χ1n) is 19.7. The lowest BCUT2D eigenvalue weighted by Gasteiger charge is -2.30. The number of rotatable bonds is 14. The third-order valence-corrected chi connectivity index (χ3v) is 11.1. The molecule has 57 heavy (non-hydrogen) atoms. The van der Waals surface area contributed by atoms with Crippen LogP contribution in [-0.4, -0.2) is 91.1 Å². The van der Waals surface area contributed by atoms with Gasteiger partial charge in [0.2, 0.25) is 12.0 Å². The van der Waals surface area contributed by atoms with Gasteiger partial charge < -0.3 is 40.3 Å². The number of nitrogens with zero attached hydrogens (tertiary/aromatic N) is 5. The number of hydrogen-bond donors (Lipinski definition) is 4. The predicted octanol–water partition coefficient (Wildman–Crippen LogP) is 6.88. The molecule has 0 unspecified atom stereocenters. The number of imidazole rings is 2. The van der Waals surface area contributed by atoms with Gasteiger partial charge in [0.05, 0.1) is 41.6 Å². The molecule has 5 aromatic rings. The number of ether oxygens (including phenoxy) is 2. The predicted molar refractivity (Wildman–Crippen MR) is 216 cm³/mol. The van der Waals surface area contributed by atoms with E-state index < -0.39 is 18.3 Å². The second-order valence-corrected chi connectivity index (χ2v) is 15.0. The van der Waals surface area contributed by atoms with Crippen molar-refractivity contribution in [3.8, 4) is 33.6 Å². The van der Waals surface area contributed by atoms with Gasteiger partial charge in [0.15, 0.2) is 0 Å². The quantitative estimate of drug-likeness (QED) is 0.0934. The van der Waals surface area contributed by atoms with Crippen LogP contribution in [0, 0.1) is 5.92 Å². The van der Waals surface area contributed by atoms with Crippen molar-refractivity contribution in [2.45, 2.75) is 83.2 Å². The Labute approximate surface area is 332 Å². The van der Waals surface area contributed by atoms with Crippen LogP contribution in [0.25, 0.3) is 33.6 Å². The maximum Gasteiger partial charge on any atom is 0.405 e. The van der Waals surface area contributed by atoms with Gasteiger partial charge in [-0.2, -0.15) is 0 Å².